The number of rotatable bonds is 19. The summed E-state index contributed by atoms with van der Waals surface area (Å²) in [6.07, 6.45) is 20.6. The Labute approximate surface area is 205 Å². The van der Waals surface area contributed by atoms with E-state index in [9.17, 15) is 4.39 Å². The molecule has 1 aromatic carbocycles. The van der Waals surface area contributed by atoms with Crippen molar-refractivity contribution in [2.24, 2.45) is 5.92 Å². The van der Waals surface area contributed by atoms with Gasteiger partial charge in [-0.3, -0.25) is 0 Å². The lowest BCUT2D eigenvalue weighted by atomic mass is 10.1. The molecule has 0 saturated heterocycles. The minimum atomic E-state index is -0.608. The zero-order chi connectivity index (χ0) is 23.8. The highest BCUT2D eigenvalue weighted by atomic mass is 19.1. The fourth-order valence-corrected chi connectivity index (χ4v) is 4.19. The van der Waals surface area contributed by atoms with Crippen LogP contribution in [0.3, 0.4) is 0 Å². The molecule has 5 heteroatoms. The van der Waals surface area contributed by atoms with E-state index in [1.807, 2.05) is 24.3 Å². The maximum Gasteiger partial charge on any atom is 0.258 e. The lowest BCUT2D eigenvalue weighted by molar-refractivity contribution is 0.284. The van der Waals surface area contributed by atoms with Crippen molar-refractivity contribution in [3.8, 4) is 22.9 Å². The monoisotopic (exact) mass is 470 g/mol. The van der Waals surface area contributed by atoms with Crippen molar-refractivity contribution < 1.29 is 13.9 Å². The minimum Gasteiger partial charge on any atom is -0.494 e. The van der Waals surface area contributed by atoms with Crippen LogP contribution >= 0.6 is 0 Å². The Morgan fingerprint density at radius 2 is 1.41 bits per heavy atom. The van der Waals surface area contributed by atoms with Crippen molar-refractivity contribution in [2.45, 2.75) is 103 Å². The van der Waals surface area contributed by atoms with Crippen LogP contribution in [0.4, 0.5) is 4.39 Å². The summed E-state index contributed by atoms with van der Waals surface area (Å²) >= 11 is 0. The lowest BCUT2D eigenvalue weighted by Crippen LogP contribution is -2.03. The topological polar surface area (TPSA) is 44.2 Å². The van der Waals surface area contributed by atoms with Gasteiger partial charge in [0.2, 0.25) is 0 Å². The average Bonchev–Trinajstić information content (AvgIpc) is 3.68. The van der Waals surface area contributed by atoms with E-state index in [2.05, 4.69) is 16.9 Å². The molecule has 1 aliphatic rings. The number of benzene rings is 1. The molecule has 0 unspecified atom stereocenters. The third-order valence-corrected chi connectivity index (χ3v) is 6.55. The number of aromatic nitrogens is 2. The molecular weight excluding hydrogens is 427 g/mol. The fraction of sp³-hybridized carbons (Fsp3) is 0.655. The van der Waals surface area contributed by atoms with Crippen LogP contribution in [0.5, 0.6) is 11.5 Å². The number of hydrogen-bond acceptors (Lipinski definition) is 4. The molecule has 1 heterocycles. The van der Waals surface area contributed by atoms with Crippen molar-refractivity contribution in [3.05, 3.63) is 36.4 Å². The Balaban J connectivity index is 1.29. The van der Waals surface area contributed by atoms with Gasteiger partial charge < -0.3 is 9.47 Å². The van der Waals surface area contributed by atoms with Gasteiger partial charge in [-0.25, -0.2) is 4.98 Å². The van der Waals surface area contributed by atoms with E-state index in [1.165, 1.54) is 83.2 Å². The number of nitrogens with zero attached hydrogens (tertiary/aromatic N) is 2. The molecule has 4 nitrogen and oxygen atoms in total. The smallest absolute Gasteiger partial charge is 0.258 e. The van der Waals surface area contributed by atoms with E-state index in [-0.39, 0.29) is 5.75 Å². The van der Waals surface area contributed by atoms with E-state index in [1.54, 1.807) is 0 Å². The second-order valence-electron chi connectivity index (χ2n) is 9.69. The molecule has 0 aliphatic heterocycles. The summed E-state index contributed by atoms with van der Waals surface area (Å²) < 4.78 is 25.8. The second-order valence-corrected chi connectivity index (χ2v) is 9.69. The van der Waals surface area contributed by atoms with Gasteiger partial charge in [-0.1, -0.05) is 90.4 Å². The first-order valence-corrected chi connectivity index (χ1v) is 13.6. The van der Waals surface area contributed by atoms with Gasteiger partial charge in [0.15, 0.2) is 11.6 Å². The summed E-state index contributed by atoms with van der Waals surface area (Å²) in [7, 11) is 0. The molecule has 0 bridgehead atoms. The maximum absolute atomic E-state index is 14.4. The highest BCUT2D eigenvalue weighted by molar-refractivity contribution is 5.56. The molecule has 188 valence electrons. The van der Waals surface area contributed by atoms with Gasteiger partial charge in [0.05, 0.1) is 19.4 Å². The van der Waals surface area contributed by atoms with Gasteiger partial charge in [-0.05, 0) is 43.0 Å². The Hall–Kier alpha value is -2.17. The molecule has 1 aromatic heterocycles. The van der Waals surface area contributed by atoms with Crippen LogP contribution in [0, 0.1) is 11.9 Å². The van der Waals surface area contributed by atoms with Crippen LogP contribution in [-0.4, -0.2) is 23.2 Å². The molecule has 2 aromatic rings. The first-order chi connectivity index (χ1) is 16.8. The molecule has 0 amide bonds. The van der Waals surface area contributed by atoms with Gasteiger partial charge in [-0.2, -0.15) is 9.37 Å². The summed E-state index contributed by atoms with van der Waals surface area (Å²) in [5, 5.41) is 0. The van der Waals surface area contributed by atoms with Crippen LogP contribution in [0.2, 0.25) is 0 Å². The van der Waals surface area contributed by atoms with Crippen molar-refractivity contribution in [1.29, 1.82) is 0 Å². The SMILES string of the molecule is CCCCCCCCOc1cnc(-c2ccc(OCCCCCCCCC3CC3)cc2)nc1F. The van der Waals surface area contributed by atoms with Crippen LogP contribution in [0.1, 0.15) is 103 Å². The minimum absolute atomic E-state index is 0.125. The predicted molar refractivity (Wildman–Crippen MR) is 137 cm³/mol. The summed E-state index contributed by atoms with van der Waals surface area (Å²) in [4.78, 5) is 8.29. The summed E-state index contributed by atoms with van der Waals surface area (Å²) in [6.45, 7) is 3.44. The molecule has 3 rings (SSSR count). The van der Waals surface area contributed by atoms with Crippen molar-refractivity contribution >= 4 is 0 Å². The average molecular weight is 471 g/mol. The van der Waals surface area contributed by atoms with Crippen LogP contribution < -0.4 is 9.47 Å². The van der Waals surface area contributed by atoms with Gasteiger partial charge in [0.25, 0.3) is 5.95 Å². The highest BCUT2D eigenvalue weighted by Crippen LogP contribution is 2.34. The summed E-state index contributed by atoms with van der Waals surface area (Å²) in [5.41, 5.74) is 0.764. The highest BCUT2D eigenvalue weighted by Gasteiger charge is 2.19. The second kappa shape index (κ2) is 15.7. The van der Waals surface area contributed by atoms with Crippen molar-refractivity contribution in [1.82, 2.24) is 9.97 Å². The fourth-order valence-electron chi connectivity index (χ4n) is 4.19. The predicted octanol–water partition coefficient (Wildman–Crippen LogP) is 8.54. The Morgan fingerprint density at radius 3 is 2.06 bits per heavy atom. The lowest BCUT2D eigenvalue weighted by Gasteiger charge is -2.09. The molecule has 0 radical (unpaired) electrons. The van der Waals surface area contributed by atoms with E-state index >= 15 is 0 Å². The normalized spacial score (nSPS) is 13.2. The largest absolute Gasteiger partial charge is 0.494 e. The first kappa shape index (κ1) is 26.4. The van der Waals surface area contributed by atoms with Gasteiger partial charge >= 0.3 is 0 Å². The molecule has 0 N–H and O–H groups in total. The summed E-state index contributed by atoms with van der Waals surface area (Å²) in [6, 6.07) is 7.55. The molecule has 1 fully saturated rings. The molecular formula is C29H43FN2O2. The van der Waals surface area contributed by atoms with Gasteiger partial charge in [0.1, 0.15) is 5.75 Å². The number of unbranched alkanes of at least 4 members (excludes halogenated alkanes) is 10. The maximum atomic E-state index is 14.4. The molecule has 1 aliphatic carbocycles. The van der Waals surface area contributed by atoms with Crippen LogP contribution in [-0.2, 0) is 0 Å². The number of ether oxygens (including phenoxy) is 2. The molecule has 1 saturated carbocycles. The Bertz CT molecular complexity index is 808. The first-order valence-electron chi connectivity index (χ1n) is 13.6. The van der Waals surface area contributed by atoms with E-state index in [0.29, 0.717) is 12.4 Å². The van der Waals surface area contributed by atoms with E-state index in [4.69, 9.17) is 9.47 Å². The number of halogens is 1. The van der Waals surface area contributed by atoms with Crippen molar-refractivity contribution in [3.63, 3.8) is 0 Å². The molecule has 34 heavy (non-hydrogen) atoms. The summed E-state index contributed by atoms with van der Waals surface area (Å²) in [5.74, 6) is 1.77. The Kier molecular flexibility index (Phi) is 12.2. The third kappa shape index (κ3) is 10.4. The van der Waals surface area contributed by atoms with E-state index in [0.717, 1.165) is 43.1 Å². The standard InChI is InChI=1S/C29H43FN2O2/c1-2-3-4-5-9-13-22-34-27-23-31-29(32-28(27)30)25-17-19-26(20-18-25)33-21-12-10-7-6-8-11-14-24-15-16-24/h17-20,23-24H,2-16,21-22H2,1H3. The van der Waals surface area contributed by atoms with Gasteiger partial charge in [0, 0.05) is 5.56 Å². The third-order valence-electron chi connectivity index (χ3n) is 6.55. The Morgan fingerprint density at radius 1 is 0.794 bits per heavy atom. The zero-order valence-electron chi connectivity index (χ0n) is 21.1. The zero-order valence-corrected chi connectivity index (χ0v) is 21.1. The van der Waals surface area contributed by atoms with Crippen LogP contribution in [0.25, 0.3) is 11.4 Å². The quantitative estimate of drug-likeness (QED) is 0.152. The van der Waals surface area contributed by atoms with Crippen molar-refractivity contribution in [2.75, 3.05) is 13.2 Å². The molecule has 0 spiro atoms. The van der Waals surface area contributed by atoms with Crippen LogP contribution in [0.15, 0.2) is 30.5 Å². The van der Waals surface area contributed by atoms with E-state index < -0.39 is 5.95 Å². The van der Waals surface area contributed by atoms with Gasteiger partial charge in [-0.15, -0.1) is 0 Å². The number of hydrogen-bond donors (Lipinski definition) is 0. The molecule has 0 atom stereocenters.